The van der Waals surface area contributed by atoms with E-state index in [1.807, 2.05) is 6.08 Å². The van der Waals surface area contributed by atoms with Gasteiger partial charge in [-0.1, -0.05) is 340 Å². The summed E-state index contributed by atoms with van der Waals surface area (Å²) < 4.78 is 16.7. The molecular formula is C76H145NO10. The Morgan fingerprint density at radius 1 is 0.414 bits per heavy atom. The molecule has 0 aliphatic carbocycles. The highest BCUT2D eigenvalue weighted by atomic mass is 16.7. The van der Waals surface area contributed by atoms with Crippen LogP contribution in [0.5, 0.6) is 0 Å². The number of aliphatic hydroxyl groups excluding tert-OH is 5. The highest BCUT2D eigenvalue weighted by molar-refractivity contribution is 5.76. The van der Waals surface area contributed by atoms with E-state index < -0.39 is 49.5 Å². The van der Waals surface area contributed by atoms with Gasteiger partial charge in [-0.2, -0.15) is 0 Å². The zero-order valence-electron chi connectivity index (χ0n) is 57.3. The third-order valence-electron chi connectivity index (χ3n) is 18.3. The highest BCUT2D eigenvalue weighted by Crippen LogP contribution is 2.24. The van der Waals surface area contributed by atoms with Crippen LogP contribution in [0, 0.1) is 0 Å². The summed E-state index contributed by atoms with van der Waals surface area (Å²) in [4.78, 5) is 25.1. The number of amides is 1. The molecular weight excluding hydrogens is 1090 g/mol. The second-order valence-electron chi connectivity index (χ2n) is 26.7. The predicted octanol–water partition coefficient (Wildman–Crippen LogP) is 20.0. The van der Waals surface area contributed by atoms with Gasteiger partial charge < -0.3 is 45.1 Å². The number of aliphatic hydroxyl groups is 5. The van der Waals surface area contributed by atoms with Gasteiger partial charge in [0.25, 0.3) is 0 Å². The Hall–Kier alpha value is -1.86. The van der Waals surface area contributed by atoms with Crippen molar-refractivity contribution in [3.8, 4) is 0 Å². The lowest BCUT2D eigenvalue weighted by Gasteiger charge is -2.40. The molecule has 87 heavy (non-hydrogen) atoms. The lowest BCUT2D eigenvalue weighted by atomic mass is 9.99. The van der Waals surface area contributed by atoms with Gasteiger partial charge in [0, 0.05) is 12.8 Å². The van der Waals surface area contributed by atoms with Crippen molar-refractivity contribution in [1.82, 2.24) is 5.32 Å². The van der Waals surface area contributed by atoms with Gasteiger partial charge in [0.1, 0.15) is 24.4 Å². The number of rotatable bonds is 68. The van der Waals surface area contributed by atoms with E-state index in [2.05, 4.69) is 31.3 Å². The SMILES string of the molecule is CCCCCCCC/C=C\CCCCCCCC(=O)OCCCCCCCCCCCCCCCCCCCCCCCCCCCCCCCCCCCCCC(=O)NC(COC1OC(CO)C(O)C(O)C1O)C(O)/C=C/CCCCCCCCC. The van der Waals surface area contributed by atoms with Crippen LogP contribution in [-0.2, 0) is 23.8 Å². The Bertz CT molecular complexity index is 1490. The number of nitrogens with one attached hydrogen (secondary N) is 1. The first-order valence-electron chi connectivity index (χ1n) is 38.1. The van der Waals surface area contributed by atoms with Crippen LogP contribution in [0.1, 0.15) is 386 Å². The van der Waals surface area contributed by atoms with E-state index >= 15 is 0 Å². The average molecular weight is 1230 g/mol. The molecule has 0 aromatic heterocycles. The van der Waals surface area contributed by atoms with E-state index in [4.69, 9.17) is 14.2 Å². The largest absolute Gasteiger partial charge is 0.466 e. The molecule has 1 aliphatic rings. The number of allylic oxidation sites excluding steroid dienone is 3. The lowest BCUT2D eigenvalue weighted by molar-refractivity contribution is -0.302. The van der Waals surface area contributed by atoms with Crippen molar-refractivity contribution < 1.29 is 49.3 Å². The standard InChI is InChI=1S/C76H145NO10/c1-3-5-7-9-11-13-14-15-37-41-44-48-52-56-60-64-72(81)85-65-61-57-53-49-45-42-39-36-34-32-30-28-26-24-22-20-18-16-17-19-21-23-25-27-29-31-33-35-38-40-43-47-51-55-59-63-71(80)77-68(69(79)62-58-54-50-46-12-10-8-6-4-2)67-86-76-75(84)74(83)73(82)70(66-78)87-76/h15,37,58,62,68-70,73-76,78-79,82-84H,3-14,16-36,38-57,59-61,63-67H2,1-2H3,(H,77,80)/b37-15-,62-58+. The van der Waals surface area contributed by atoms with Crippen molar-refractivity contribution in [3.05, 3.63) is 24.3 Å². The molecule has 0 bridgehead atoms. The van der Waals surface area contributed by atoms with Crippen LogP contribution in [0.25, 0.3) is 0 Å². The summed E-state index contributed by atoms with van der Waals surface area (Å²) in [5.41, 5.74) is 0. The molecule has 1 saturated heterocycles. The van der Waals surface area contributed by atoms with Gasteiger partial charge in [0.05, 0.1) is 32.0 Å². The van der Waals surface area contributed by atoms with E-state index in [0.29, 0.717) is 19.4 Å². The van der Waals surface area contributed by atoms with Crippen LogP contribution in [0.4, 0.5) is 0 Å². The Morgan fingerprint density at radius 2 is 0.736 bits per heavy atom. The van der Waals surface area contributed by atoms with Gasteiger partial charge in [-0.05, 0) is 57.8 Å². The van der Waals surface area contributed by atoms with E-state index in [-0.39, 0.29) is 18.5 Å². The van der Waals surface area contributed by atoms with Crippen LogP contribution >= 0.6 is 0 Å². The predicted molar refractivity (Wildman–Crippen MR) is 366 cm³/mol. The Labute approximate surface area is 537 Å². The smallest absolute Gasteiger partial charge is 0.305 e. The Kier molecular flexibility index (Phi) is 62.7. The number of ether oxygens (including phenoxy) is 3. The minimum Gasteiger partial charge on any atom is -0.466 e. The molecule has 0 saturated carbocycles. The van der Waals surface area contributed by atoms with Crippen molar-refractivity contribution in [3.63, 3.8) is 0 Å². The molecule has 1 aliphatic heterocycles. The minimum absolute atomic E-state index is 0.00859. The maximum absolute atomic E-state index is 13.0. The summed E-state index contributed by atoms with van der Waals surface area (Å²) in [5, 5.41) is 54.3. The van der Waals surface area contributed by atoms with Crippen LogP contribution in [-0.4, -0.2) is 100 Å². The molecule has 6 N–H and O–H groups in total. The molecule has 11 nitrogen and oxygen atoms in total. The van der Waals surface area contributed by atoms with Gasteiger partial charge in [0.2, 0.25) is 5.91 Å². The molecule has 0 spiro atoms. The van der Waals surface area contributed by atoms with Gasteiger partial charge in [-0.3, -0.25) is 9.59 Å². The molecule has 514 valence electrons. The van der Waals surface area contributed by atoms with E-state index in [1.54, 1.807) is 6.08 Å². The van der Waals surface area contributed by atoms with E-state index in [9.17, 15) is 35.1 Å². The number of carbonyl (C=O) groups is 2. The fourth-order valence-corrected chi connectivity index (χ4v) is 12.3. The first-order chi connectivity index (χ1) is 42.7. The van der Waals surface area contributed by atoms with Crippen molar-refractivity contribution in [1.29, 1.82) is 0 Å². The minimum atomic E-state index is -1.57. The van der Waals surface area contributed by atoms with Crippen molar-refractivity contribution >= 4 is 11.9 Å². The second kappa shape index (κ2) is 65.6. The topological polar surface area (TPSA) is 175 Å². The maximum atomic E-state index is 13.0. The molecule has 1 fully saturated rings. The number of hydrogen-bond donors (Lipinski definition) is 6. The summed E-state index contributed by atoms with van der Waals surface area (Å²) in [6.45, 7) is 4.35. The molecule has 0 radical (unpaired) electrons. The average Bonchev–Trinajstić information content (AvgIpc) is 3.66. The number of unbranched alkanes of at least 4 members (excludes halogenated alkanes) is 52. The van der Waals surface area contributed by atoms with Crippen LogP contribution in [0.2, 0.25) is 0 Å². The molecule has 1 heterocycles. The first-order valence-corrected chi connectivity index (χ1v) is 38.1. The van der Waals surface area contributed by atoms with Crippen LogP contribution < -0.4 is 5.32 Å². The first kappa shape index (κ1) is 83.2. The van der Waals surface area contributed by atoms with Gasteiger partial charge in [0.15, 0.2) is 6.29 Å². The van der Waals surface area contributed by atoms with Gasteiger partial charge >= 0.3 is 5.97 Å². The second-order valence-corrected chi connectivity index (χ2v) is 26.7. The summed E-state index contributed by atoms with van der Waals surface area (Å²) in [5.74, 6) is -0.168. The number of carbonyl (C=O) groups excluding carboxylic acids is 2. The number of hydrogen-bond acceptors (Lipinski definition) is 10. The maximum Gasteiger partial charge on any atom is 0.305 e. The lowest BCUT2D eigenvalue weighted by Crippen LogP contribution is -2.60. The summed E-state index contributed by atoms with van der Waals surface area (Å²) in [6.07, 6.45) is 73.6. The van der Waals surface area contributed by atoms with Crippen molar-refractivity contribution in [2.45, 2.75) is 429 Å². The zero-order valence-corrected chi connectivity index (χ0v) is 57.3. The summed E-state index contributed by atoms with van der Waals surface area (Å²) >= 11 is 0. The van der Waals surface area contributed by atoms with Crippen molar-refractivity contribution in [2.24, 2.45) is 0 Å². The van der Waals surface area contributed by atoms with Gasteiger partial charge in [-0.25, -0.2) is 0 Å². The fraction of sp³-hybridized carbons (Fsp3) is 0.921. The molecule has 11 heteroatoms. The van der Waals surface area contributed by atoms with E-state index in [0.717, 1.165) is 57.8 Å². The van der Waals surface area contributed by atoms with Crippen LogP contribution in [0.3, 0.4) is 0 Å². The quantitative estimate of drug-likeness (QED) is 0.0195. The van der Waals surface area contributed by atoms with Crippen molar-refractivity contribution in [2.75, 3.05) is 19.8 Å². The molecule has 1 amide bonds. The number of esters is 1. The summed E-state index contributed by atoms with van der Waals surface area (Å²) in [6, 6.07) is -0.804. The molecule has 0 aromatic rings. The molecule has 0 aromatic carbocycles. The highest BCUT2D eigenvalue weighted by Gasteiger charge is 2.44. The molecule has 7 atom stereocenters. The normalized spacial score (nSPS) is 17.9. The van der Waals surface area contributed by atoms with Crippen LogP contribution in [0.15, 0.2) is 24.3 Å². The Morgan fingerprint density at radius 3 is 1.10 bits per heavy atom. The monoisotopic (exact) mass is 1230 g/mol. The summed E-state index contributed by atoms with van der Waals surface area (Å²) in [7, 11) is 0. The van der Waals surface area contributed by atoms with E-state index in [1.165, 1.54) is 302 Å². The zero-order chi connectivity index (χ0) is 63.0. The fourth-order valence-electron chi connectivity index (χ4n) is 12.3. The molecule has 1 rings (SSSR count). The Balaban J connectivity index is 1.85. The third-order valence-corrected chi connectivity index (χ3v) is 18.3. The van der Waals surface area contributed by atoms with Gasteiger partial charge in [-0.15, -0.1) is 0 Å². The molecule has 7 unspecified atom stereocenters. The third kappa shape index (κ3) is 54.4.